The standard InChI is InChI=1S/C12H18N2O2S/c1-9-3-8-17-11(9)10(12(15)16-2)14-6-4-13-5-7-14/h3,8,10,13H,4-7H2,1-2H3. The molecule has 0 spiro atoms. The summed E-state index contributed by atoms with van der Waals surface area (Å²) in [6, 6.07) is 1.82. The predicted molar refractivity (Wildman–Crippen MR) is 68.3 cm³/mol. The first-order chi connectivity index (χ1) is 8.24. The summed E-state index contributed by atoms with van der Waals surface area (Å²) in [5.74, 6) is -0.155. The van der Waals surface area contributed by atoms with E-state index in [4.69, 9.17) is 4.74 Å². The fourth-order valence-corrected chi connectivity index (χ4v) is 3.19. The number of carbonyl (C=O) groups excluding carboxylic acids is 1. The minimum atomic E-state index is -0.234. The molecule has 0 saturated carbocycles. The number of ether oxygens (including phenoxy) is 1. The molecule has 1 aromatic rings. The number of nitrogens with zero attached hydrogens (tertiary/aromatic N) is 1. The number of methoxy groups -OCH3 is 1. The summed E-state index contributed by atoms with van der Waals surface area (Å²) in [6.07, 6.45) is 0. The van der Waals surface area contributed by atoms with Gasteiger partial charge in [-0.25, -0.2) is 4.79 Å². The molecular weight excluding hydrogens is 236 g/mol. The van der Waals surface area contributed by atoms with Crippen LogP contribution in [0.1, 0.15) is 16.5 Å². The SMILES string of the molecule is COC(=O)C(c1sccc1C)N1CCNCC1. The molecule has 0 radical (unpaired) electrons. The summed E-state index contributed by atoms with van der Waals surface area (Å²) in [5.41, 5.74) is 1.17. The summed E-state index contributed by atoms with van der Waals surface area (Å²) in [6.45, 7) is 5.67. The average Bonchev–Trinajstić information content (AvgIpc) is 2.77. The summed E-state index contributed by atoms with van der Waals surface area (Å²) in [5, 5.41) is 5.33. The van der Waals surface area contributed by atoms with Crippen molar-refractivity contribution in [2.24, 2.45) is 0 Å². The van der Waals surface area contributed by atoms with Crippen LogP contribution >= 0.6 is 11.3 Å². The molecule has 1 N–H and O–H groups in total. The highest BCUT2D eigenvalue weighted by Gasteiger charge is 2.31. The Morgan fingerprint density at radius 3 is 2.76 bits per heavy atom. The first-order valence-electron chi connectivity index (χ1n) is 5.80. The predicted octanol–water partition coefficient (Wildman–Crippen LogP) is 1.18. The van der Waals surface area contributed by atoms with Crippen molar-refractivity contribution in [3.05, 3.63) is 21.9 Å². The molecule has 1 aliphatic heterocycles. The van der Waals surface area contributed by atoms with Crippen molar-refractivity contribution < 1.29 is 9.53 Å². The van der Waals surface area contributed by atoms with Crippen LogP contribution < -0.4 is 5.32 Å². The van der Waals surface area contributed by atoms with E-state index in [9.17, 15) is 4.79 Å². The lowest BCUT2D eigenvalue weighted by Crippen LogP contribution is -2.47. The maximum atomic E-state index is 12.0. The molecule has 0 amide bonds. The van der Waals surface area contributed by atoms with Gasteiger partial charge in [0.2, 0.25) is 0 Å². The van der Waals surface area contributed by atoms with Crippen molar-refractivity contribution in [3.63, 3.8) is 0 Å². The summed E-state index contributed by atoms with van der Waals surface area (Å²) in [4.78, 5) is 15.3. The second-order valence-electron chi connectivity index (χ2n) is 4.18. The Labute approximate surface area is 106 Å². The fourth-order valence-electron chi connectivity index (χ4n) is 2.14. The van der Waals surface area contributed by atoms with Crippen LogP contribution in [-0.2, 0) is 9.53 Å². The van der Waals surface area contributed by atoms with Gasteiger partial charge >= 0.3 is 5.97 Å². The van der Waals surface area contributed by atoms with Crippen molar-refractivity contribution in [1.29, 1.82) is 0 Å². The van der Waals surface area contributed by atoms with Crippen LogP contribution in [0, 0.1) is 6.92 Å². The maximum absolute atomic E-state index is 12.0. The second-order valence-corrected chi connectivity index (χ2v) is 5.13. The van der Waals surface area contributed by atoms with E-state index in [0.29, 0.717) is 0 Å². The van der Waals surface area contributed by atoms with Crippen molar-refractivity contribution in [2.75, 3.05) is 33.3 Å². The molecule has 5 heteroatoms. The zero-order chi connectivity index (χ0) is 12.3. The number of esters is 1. The monoisotopic (exact) mass is 254 g/mol. The van der Waals surface area contributed by atoms with E-state index in [1.54, 1.807) is 11.3 Å². The van der Waals surface area contributed by atoms with E-state index in [1.807, 2.05) is 12.3 Å². The lowest BCUT2D eigenvalue weighted by molar-refractivity contribution is -0.147. The Bertz CT molecular complexity index is 386. The molecule has 0 aromatic carbocycles. The van der Waals surface area contributed by atoms with Crippen molar-refractivity contribution in [1.82, 2.24) is 10.2 Å². The van der Waals surface area contributed by atoms with Gasteiger partial charge in [0.1, 0.15) is 6.04 Å². The molecule has 1 atom stereocenters. The molecule has 2 heterocycles. The van der Waals surface area contributed by atoms with Gasteiger partial charge in [0.25, 0.3) is 0 Å². The van der Waals surface area contributed by atoms with Crippen LogP contribution in [0.3, 0.4) is 0 Å². The molecular formula is C12H18N2O2S. The van der Waals surface area contributed by atoms with Crippen LogP contribution in [0.2, 0.25) is 0 Å². The Hall–Kier alpha value is -0.910. The van der Waals surface area contributed by atoms with Crippen molar-refractivity contribution in [2.45, 2.75) is 13.0 Å². The molecule has 1 aliphatic rings. The van der Waals surface area contributed by atoms with Gasteiger partial charge in [-0.3, -0.25) is 4.90 Å². The zero-order valence-electron chi connectivity index (χ0n) is 10.2. The van der Waals surface area contributed by atoms with Gasteiger partial charge in [0, 0.05) is 31.1 Å². The van der Waals surface area contributed by atoms with E-state index in [2.05, 4.69) is 16.3 Å². The minimum Gasteiger partial charge on any atom is -0.468 e. The highest BCUT2D eigenvalue weighted by Crippen LogP contribution is 2.29. The van der Waals surface area contributed by atoms with E-state index in [1.165, 1.54) is 12.7 Å². The number of hydrogen-bond acceptors (Lipinski definition) is 5. The largest absolute Gasteiger partial charge is 0.468 e. The van der Waals surface area contributed by atoms with Gasteiger partial charge < -0.3 is 10.1 Å². The van der Waals surface area contributed by atoms with Crippen LogP contribution in [0.25, 0.3) is 0 Å². The number of rotatable bonds is 3. The Kier molecular flexibility index (Phi) is 4.15. The van der Waals surface area contributed by atoms with Gasteiger partial charge in [0.15, 0.2) is 0 Å². The lowest BCUT2D eigenvalue weighted by atomic mass is 10.1. The van der Waals surface area contributed by atoms with E-state index in [0.717, 1.165) is 31.1 Å². The van der Waals surface area contributed by atoms with E-state index < -0.39 is 0 Å². The van der Waals surface area contributed by atoms with Crippen LogP contribution in [0.5, 0.6) is 0 Å². The molecule has 17 heavy (non-hydrogen) atoms. The van der Waals surface area contributed by atoms with Gasteiger partial charge in [-0.2, -0.15) is 0 Å². The average molecular weight is 254 g/mol. The normalized spacial score (nSPS) is 18.9. The summed E-state index contributed by atoms with van der Waals surface area (Å²) in [7, 11) is 1.46. The molecule has 4 nitrogen and oxygen atoms in total. The number of nitrogens with one attached hydrogen (secondary N) is 1. The van der Waals surface area contributed by atoms with Gasteiger partial charge in [-0.15, -0.1) is 11.3 Å². The number of aryl methyl sites for hydroxylation is 1. The van der Waals surface area contributed by atoms with Gasteiger partial charge in [-0.05, 0) is 23.9 Å². The third-order valence-corrected chi connectivity index (χ3v) is 4.16. The molecule has 1 aromatic heterocycles. The van der Waals surface area contributed by atoms with Crippen LogP contribution in [-0.4, -0.2) is 44.2 Å². The highest BCUT2D eigenvalue weighted by atomic mass is 32.1. The third-order valence-electron chi connectivity index (χ3n) is 3.09. The maximum Gasteiger partial charge on any atom is 0.328 e. The highest BCUT2D eigenvalue weighted by molar-refractivity contribution is 7.10. The Balaban J connectivity index is 2.24. The zero-order valence-corrected chi connectivity index (χ0v) is 11.0. The molecule has 1 saturated heterocycles. The topological polar surface area (TPSA) is 41.6 Å². The van der Waals surface area contributed by atoms with Crippen molar-refractivity contribution >= 4 is 17.3 Å². The smallest absolute Gasteiger partial charge is 0.328 e. The molecule has 0 aliphatic carbocycles. The number of thiophene rings is 1. The second kappa shape index (κ2) is 5.62. The van der Waals surface area contributed by atoms with Crippen molar-refractivity contribution in [3.8, 4) is 0 Å². The van der Waals surface area contributed by atoms with Crippen LogP contribution in [0.4, 0.5) is 0 Å². The minimum absolute atomic E-state index is 0.155. The van der Waals surface area contributed by atoms with E-state index >= 15 is 0 Å². The first-order valence-corrected chi connectivity index (χ1v) is 6.68. The van der Waals surface area contributed by atoms with Gasteiger partial charge in [-0.1, -0.05) is 0 Å². The fraction of sp³-hybridized carbons (Fsp3) is 0.583. The van der Waals surface area contributed by atoms with E-state index in [-0.39, 0.29) is 12.0 Å². The number of carbonyl (C=O) groups is 1. The summed E-state index contributed by atoms with van der Waals surface area (Å²) < 4.78 is 4.95. The quantitative estimate of drug-likeness (QED) is 0.822. The third kappa shape index (κ3) is 2.68. The number of piperazine rings is 1. The van der Waals surface area contributed by atoms with Crippen LogP contribution in [0.15, 0.2) is 11.4 Å². The molecule has 1 unspecified atom stereocenters. The number of hydrogen-bond donors (Lipinski definition) is 1. The summed E-state index contributed by atoms with van der Waals surface area (Å²) >= 11 is 1.63. The first kappa shape index (κ1) is 12.5. The molecule has 1 fully saturated rings. The molecule has 94 valence electrons. The molecule has 2 rings (SSSR count). The Morgan fingerprint density at radius 2 is 2.24 bits per heavy atom. The van der Waals surface area contributed by atoms with Gasteiger partial charge in [0.05, 0.1) is 7.11 Å². The molecule has 0 bridgehead atoms. The Morgan fingerprint density at radius 1 is 1.53 bits per heavy atom. The lowest BCUT2D eigenvalue weighted by Gasteiger charge is -2.33.